The predicted octanol–water partition coefficient (Wildman–Crippen LogP) is -5.14. The Bertz CT molecular complexity index is 3970. The van der Waals surface area contributed by atoms with Gasteiger partial charge in [0.1, 0.15) is 91.0 Å². The van der Waals surface area contributed by atoms with E-state index in [2.05, 4.69) is 39.4 Å². The first-order valence-corrected chi connectivity index (χ1v) is 30.7. The minimum Gasteiger partial charge on any atom is -0.387 e. The van der Waals surface area contributed by atoms with Crippen molar-refractivity contribution >= 4 is 71.2 Å². The molecule has 0 spiro atoms. The van der Waals surface area contributed by atoms with Gasteiger partial charge in [-0.05, 0) is 13.0 Å². The van der Waals surface area contributed by atoms with Gasteiger partial charge in [-0.25, -0.2) is 47.8 Å². The molecule has 10 rings (SSSR count). The monoisotopic (exact) mass is 1300 g/mol. The molecule has 4 aliphatic heterocycles. The van der Waals surface area contributed by atoms with Crippen molar-refractivity contribution in [2.45, 2.75) is 105 Å². The van der Waals surface area contributed by atoms with Gasteiger partial charge in [-0.15, -0.1) is 0 Å². The van der Waals surface area contributed by atoms with Gasteiger partial charge in [-0.3, -0.25) is 69.5 Å². The second-order valence-electron chi connectivity index (χ2n) is 19.3. The van der Waals surface area contributed by atoms with E-state index in [0.717, 1.165) is 40.2 Å². The molecule has 43 nitrogen and oxygen atoms in total. The first kappa shape index (κ1) is 63.0. The third kappa shape index (κ3) is 13.4. The predicted molar refractivity (Wildman–Crippen MR) is 275 cm³/mol. The van der Waals surface area contributed by atoms with Crippen molar-refractivity contribution in [3.8, 4) is 0 Å². The molecular formula is C39H51N15O28P4. The Labute approximate surface area is 475 Å². The highest BCUT2D eigenvalue weighted by molar-refractivity contribution is 7.48. The lowest BCUT2D eigenvalue weighted by atomic mass is 10.1. The number of anilines is 3. The number of phosphoric acid groups is 4. The summed E-state index contributed by atoms with van der Waals surface area (Å²) in [5, 5.41) is 45.2. The van der Waals surface area contributed by atoms with E-state index in [1.165, 1.54) is 17.8 Å². The van der Waals surface area contributed by atoms with Crippen LogP contribution < -0.4 is 39.7 Å². The van der Waals surface area contributed by atoms with Gasteiger partial charge in [-0.1, -0.05) is 0 Å². The van der Waals surface area contributed by atoms with Crippen LogP contribution in [0.2, 0.25) is 0 Å². The molecule has 6 aromatic heterocycles. The van der Waals surface area contributed by atoms with Crippen molar-refractivity contribution in [3.63, 3.8) is 0 Å². The van der Waals surface area contributed by atoms with Gasteiger partial charge in [0.05, 0.1) is 39.1 Å². The van der Waals surface area contributed by atoms with Crippen LogP contribution in [0, 0.1) is 6.92 Å². The lowest BCUT2D eigenvalue weighted by molar-refractivity contribution is -0.0642. The standard InChI is InChI=1S/C39H51N15O28P4/c1-13-5-52(39(62)50-32(13)59)20-4-14(15(76-20)6-72-83(63,64)65)80-84(66,67)74-8-17-27(25(57)35(78-17)51-3-2-19(40)47-38(51)61)81-86(70,71)75-9-18-28(26(58)36(79-18)54-12-46-22-31(54)48-37(42)49-33(22)60)82-85(68,69)73-7-16-23(55)24(56)34(77-16)53-11-45-21-29(41)43-10-44-30(21)53/h2-3,5,10-12,14-18,20,23-28,34-36,55-58H,4,6-9H2,1H3,(H,66,67)(H,68,69)(H,70,71)(H2,40,47,61)(H2,41,43,44)(H,50,59,62)(H2,63,64,65)(H3,42,48,49,60)/t14-,15+,16+,17+,18+,20+,23+,24+,25+,26+,27+,28+,34+,35+,36+/m0/s1. The molecule has 4 fully saturated rings. The van der Waals surface area contributed by atoms with E-state index in [1.54, 1.807) is 0 Å². The van der Waals surface area contributed by atoms with Crippen molar-refractivity contribution in [2.75, 3.05) is 43.6 Å². The molecule has 10 heterocycles. The van der Waals surface area contributed by atoms with E-state index >= 15 is 0 Å². The van der Waals surface area contributed by atoms with E-state index in [1.807, 2.05) is 4.98 Å². The quantitative estimate of drug-likeness (QED) is 0.0283. The number of nitrogens with two attached hydrogens (primary N) is 3. The zero-order chi connectivity index (χ0) is 62.1. The zero-order valence-electron chi connectivity index (χ0n) is 43.4. The summed E-state index contributed by atoms with van der Waals surface area (Å²) >= 11 is 0. The van der Waals surface area contributed by atoms with E-state index < -0.39 is 185 Å². The molecule has 0 bridgehead atoms. The van der Waals surface area contributed by atoms with Crippen molar-refractivity contribution < 1.29 is 114 Å². The molecule has 0 saturated carbocycles. The van der Waals surface area contributed by atoms with E-state index in [9.17, 15) is 82.3 Å². The van der Waals surface area contributed by atoms with Crippen LogP contribution in [0.25, 0.3) is 22.3 Å². The summed E-state index contributed by atoms with van der Waals surface area (Å²) in [7, 11) is -22.1. The first-order chi connectivity index (χ1) is 40.4. The Balaban J connectivity index is 0.864. The van der Waals surface area contributed by atoms with Crippen LogP contribution in [0.3, 0.4) is 0 Å². The topological polar surface area (TPSA) is 627 Å². The Morgan fingerprint density at radius 3 is 1.77 bits per heavy atom. The average Bonchev–Trinajstić information content (AvgIpc) is 1.88. The van der Waals surface area contributed by atoms with Gasteiger partial charge >= 0.3 is 42.7 Å². The van der Waals surface area contributed by atoms with Crippen molar-refractivity contribution in [3.05, 3.63) is 84.7 Å². The Morgan fingerprint density at radius 1 is 0.605 bits per heavy atom. The number of aliphatic hydroxyl groups is 4. The third-order valence-electron chi connectivity index (χ3n) is 13.5. The summed E-state index contributed by atoms with van der Waals surface area (Å²) in [5.74, 6) is -0.771. The Kier molecular flexibility index (Phi) is 17.7. The highest BCUT2D eigenvalue weighted by Gasteiger charge is 2.54. The van der Waals surface area contributed by atoms with Crippen LogP contribution in [0.5, 0.6) is 0 Å². The van der Waals surface area contributed by atoms with E-state index in [4.69, 9.17) is 63.3 Å². The summed E-state index contributed by atoms with van der Waals surface area (Å²) in [6.07, 6.45) is -23.1. The molecule has 0 aliphatic carbocycles. The Morgan fingerprint density at radius 2 is 1.15 bits per heavy atom. The largest absolute Gasteiger partial charge is 0.472 e. The highest BCUT2D eigenvalue weighted by Crippen LogP contribution is 2.54. The number of hydrogen-bond donors (Lipinski definition) is 14. The van der Waals surface area contributed by atoms with E-state index in [0.29, 0.717) is 4.57 Å². The van der Waals surface area contributed by atoms with Crippen molar-refractivity contribution in [1.82, 2.24) is 58.1 Å². The van der Waals surface area contributed by atoms with Gasteiger partial charge in [-0.2, -0.15) is 9.97 Å². The van der Waals surface area contributed by atoms with Gasteiger partial charge in [0.2, 0.25) is 5.95 Å². The molecule has 6 aromatic rings. The lowest BCUT2D eigenvalue weighted by Gasteiger charge is -2.26. The van der Waals surface area contributed by atoms with Crippen LogP contribution in [-0.4, -0.2) is 197 Å². The number of aromatic amines is 2. The second kappa shape index (κ2) is 24.2. The van der Waals surface area contributed by atoms with Gasteiger partial charge in [0, 0.05) is 24.4 Å². The number of H-pyrrole nitrogens is 2. The summed E-state index contributed by atoms with van der Waals surface area (Å²) in [4.78, 5) is 130. The number of imidazole rings is 2. The fraction of sp³-hybridized carbons (Fsp3) is 0.538. The summed E-state index contributed by atoms with van der Waals surface area (Å²) in [6, 6.07) is 1.08. The smallest absolute Gasteiger partial charge is 0.387 e. The van der Waals surface area contributed by atoms with Crippen molar-refractivity contribution in [2.24, 2.45) is 0 Å². The molecule has 0 amide bonds. The summed E-state index contributed by atoms with van der Waals surface area (Å²) < 4.78 is 116. The fourth-order valence-corrected chi connectivity index (χ4v) is 12.7. The van der Waals surface area contributed by atoms with Crippen LogP contribution in [0.4, 0.5) is 17.6 Å². The summed E-state index contributed by atoms with van der Waals surface area (Å²) in [5.41, 5.74) is 13.0. The molecule has 4 aliphatic rings. The van der Waals surface area contributed by atoms with Crippen LogP contribution in [0.1, 0.15) is 36.9 Å². The number of rotatable bonds is 22. The number of ether oxygens (including phenoxy) is 4. The third-order valence-corrected chi connectivity index (χ3v) is 17.0. The number of nitrogens with one attached hydrogen (secondary N) is 2. The first-order valence-electron chi connectivity index (χ1n) is 24.7. The molecule has 4 saturated heterocycles. The molecule has 86 heavy (non-hydrogen) atoms. The number of nitrogens with zero attached hydrogens (tertiary/aromatic N) is 10. The maximum Gasteiger partial charge on any atom is 0.472 e. The fourth-order valence-electron chi connectivity index (χ4n) is 9.50. The minimum atomic E-state index is -5.77. The number of fused-ring (bicyclic) bond motifs is 2. The molecular weight excluding hydrogens is 1250 g/mol. The number of hydrogen-bond acceptors (Lipinski definition) is 32. The lowest BCUT2D eigenvalue weighted by Crippen LogP contribution is -2.38. The normalized spacial score (nSPS) is 30.9. The number of aliphatic hydroxyl groups excluding tert-OH is 4. The van der Waals surface area contributed by atoms with Gasteiger partial charge < -0.3 is 81.0 Å². The van der Waals surface area contributed by atoms with Gasteiger partial charge in [0.25, 0.3) is 11.1 Å². The maximum absolute atomic E-state index is 14.0. The van der Waals surface area contributed by atoms with Crippen LogP contribution >= 0.6 is 31.3 Å². The molecule has 470 valence electrons. The number of phosphoric ester groups is 4. The van der Waals surface area contributed by atoms with Crippen molar-refractivity contribution in [1.29, 1.82) is 0 Å². The average molecular weight is 1300 g/mol. The molecule has 18 atom stereocenters. The molecule has 17 N–H and O–H groups in total. The summed E-state index contributed by atoms with van der Waals surface area (Å²) in [6.45, 7) is -3.22. The minimum absolute atomic E-state index is 0.0117. The highest BCUT2D eigenvalue weighted by atomic mass is 31.2. The second-order valence-corrected chi connectivity index (χ2v) is 24.7. The molecule has 3 unspecified atom stereocenters. The van der Waals surface area contributed by atoms with E-state index in [-0.39, 0.29) is 39.5 Å². The molecule has 0 aromatic carbocycles. The molecule has 47 heteroatoms. The Hall–Kier alpha value is -6.02. The number of aryl methyl sites for hydroxylation is 1. The SMILES string of the molecule is Cc1cn([C@H]2C[C@H](OP(=O)(O)OC[C@H]3O[C@@H](n4ccc(N)nc4=O)[C@H](O)[C@@H]3OP(=O)(O)OC[C@H]3O[C@@H](n4cnc5c(=O)[nH]c(N)nc54)[C@H](O)[C@@H]3OP(=O)(O)OC[C@H]3O[C@@H](n4cnc5c(N)ncnc54)[C@H](O)[C@@H]3O)[C@@H](COP(=O)(O)O)O2)c(=O)[nH]c1=O. The number of aromatic nitrogens is 12. The zero-order valence-corrected chi connectivity index (χ0v) is 47.0. The van der Waals surface area contributed by atoms with Crippen LogP contribution in [0.15, 0.2) is 56.6 Å². The van der Waals surface area contributed by atoms with Crippen LogP contribution in [-0.2, 0) is 68.9 Å². The van der Waals surface area contributed by atoms with Gasteiger partial charge in [0.15, 0.2) is 41.3 Å². The maximum atomic E-state index is 14.0. The molecule has 0 radical (unpaired) electrons. The number of nitrogen functional groups attached to an aromatic ring is 3.